The topological polar surface area (TPSA) is 79.9 Å². The van der Waals surface area contributed by atoms with Crippen molar-refractivity contribution in [3.63, 3.8) is 0 Å². The molecule has 0 radical (unpaired) electrons. The lowest BCUT2D eigenvalue weighted by molar-refractivity contribution is -0.118. The van der Waals surface area contributed by atoms with E-state index in [0.29, 0.717) is 49.0 Å². The predicted octanol–water partition coefficient (Wildman–Crippen LogP) is 3.06. The second-order valence-electron chi connectivity index (χ2n) is 7.68. The summed E-state index contributed by atoms with van der Waals surface area (Å²) >= 11 is 0. The normalized spacial score (nSPS) is 14.8. The molecule has 3 rings (SSSR count). The summed E-state index contributed by atoms with van der Waals surface area (Å²) in [5, 5.41) is 5.47. The first-order valence-corrected chi connectivity index (χ1v) is 10.3. The first-order valence-electron chi connectivity index (χ1n) is 10.3. The molecule has 2 N–H and O–H groups in total. The largest absolute Gasteiger partial charge is 0.497 e. The maximum absolute atomic E-state index is 14.6. The van der Waals surface area contributed by atoms with Crippen molar-refractivity contribution in [2.45, 2.75) is 19.9 Å². The molecular formula is C23H28FN3O4. The summed E-state index contributed by atoms with van der Waals surface area (Å²) in [4.78, 5) is 27.3. The minimum absolute atomic E-state index is 0.167. The average molecular weight is 429 g/mol. The van der Waals surface area contributed by atoms with E-state index in [1.807, 2.05) is 18.7 Å². The van der Waals surface area contributed by atoms with Crippen LogP contribution in [-0.4, -0.2) is 51.3 Å². The second kappa shape index (κ2) is 10.3. The lowest BCUT2D eigenvalue weighted by atomic mass is 10.0. The van der Waals surface area contributed by atoms with Crippen LogP contribution in [0.2, 0.25) is 0 Å². The molecule has 1 saturated heterocycles. The molecule has 7 nitrogen and oxygen atoms in total. The molecule has 1 aliphatic rings. The van der Waals surface area contributed by atoms with Crippen molar-refractivity contribution in [3.8, 4) is 5.75 Å². The van der Waals surface area contributed by atoms with Crippen LogP contribution in [0.25, 0.3) is 0 Å². The third-order valence-electron chi connectivity index (χ3n) is 5.15. The average Bonchev–Trinajstić information content (AvgIpc) is 2.77. The third-order valence-corrected chi connectivity index (χ3v) is 5.15. The van der Waals surface area contributed by atoms with E-state index < -0.39 is 17.8 Å². The van der Waals surface area contributed by atoms with Crippen LogP contribution in [0.1, 0.15) is 24.2 Å². The molecule has 0 saturated carbocycles. The molecule has 1 aliphatic heterocycles. The van der Waals surface area contributed by atoms with Crippen LogP contribution in [0.3, 0.4) is 0 Å². The fourth-order valence-electron chi connectivity index (χ4n) is 3.37. The first kappa shape index (κ1) is 22.6. The van der Waals surface area contributed by atoms with E-state index in [4.69, 9.17) is 9.47 Å². The van der Waals surface area contributed by atoms with Gasteiger partial charge in [0.2, 0.25) is 5.91 Å². The molecule has 8 heteroatoms. The molecule has 2 aromatic rings. The standard InChI is InChI=1S/C23H28FN3O4/c1-15(2)21(26-22(28)16-4-7-18(30-3)8-5-16)23(29)25-17-6-9-20(19(24)14-17)27-10-12-31-13-11-27/h4-9,14-15,21H,10-13H2,1-3H3,(H,25,29)(H,26,28). The minimum Gasteiger partial charge on any atom is -0.497 e. The molecule has 1 unspecified atom stereocenters. The van der Waals surface area contributed by atoms with E-state index in [0.717, 1.165) is 0 Å². The molecule has 0 spiro atoms. The number of carbonyl (C=O) groups excluding carboxylic acids is 2. The second-order valence-corrected chi connectivity index (χ2v) is 7.68. The van der Waals surface area contributed by atoms with Crippen LogP contribution in [0.5, 0.6) is 5.75 Å². The van der Waals surface area contributed by atoms with Gasteiger partial charge in [0.15, 0.2) is 0 Å². The van der Waals surface area contributed by atoms with Crippen molar-refractivity contribution in [1.29, 1.82) is 0 Å². The number of halogens is 1. The minimum atomic E-state index is -0.781. The molecule has 0 aliphatic carbocycles. The third kappa shape index (κ3) is 5.73. The van der Waals surface area contributed by atoms with Gasteiger partial charge in [-0.3, -0.25) is 9.59 Å². The molecule has 1 atom stereocenters. The Morgan fingerprint density at radius 3 is 2.35 bits per heavy atom. The monoisotopic (exact) mass is 429 g/mol. The van der Waals surface area contributed by atoms with E-state index >= 15 is 0 Å². The number of nitrogens with one attached hydrogen (secondary N) is 2. The number of morpholine rings is 1. The number of methoxy groups -OCH3 is 1. The molecular weight excluding hydrogens is 401 g/mol. The van der Waals surface area contributed by atoms with Crippen LogP contribution in [0, 0.1) is 11.7 Å². The highest BCUT2D eigenvalue weighted by Gasteiger charge is 2.25. The Morgan fingerprint density at radius 1 is 1.10 bits per heavy atom. The first-order chi connectivity index (χ1) is 14.9. The number of anilines is 2. The van der Waals surface area contributed by atoms with Crippen molar-refractivity contribution in [1.82, 2.24) is 5.32 Å². The number of benzene rings is 2. The quantitative estimate of drug-likeness (QED) is 0.707. The Labute approximate surface area is 181 Å². The lowest BCUT2D eigenvalue weighted by Crippen LogP contribution is -2.47. The number of rotatable bonds is 7. The Bertz CT molecular complexity index is 912. The van der Waals surface area contributed by atoms with Crippen molar-refractivity contribution in [3.05, 3.63) is 53.8 Å². The number of nitrogens with zero attached hydrogens (tertiary/aromatic N) is 1. The molecule has 2 amide bonds. The fraction of sp³-hybridized carbons (Fsp3) is 0.391. The predicted molar refractivity (Wildman–Crippen MR) is 117 cm³/mol. The van der Waals surface area contributed by atoms with Crippen LogP contribution in [0.4, 0.5) is 15.8 Å². The van der Waals surface area contributed by atoms with Crippen LogP contribution in [0.15, 0.2) is 42.5 Å². The summed E-state index contributed by atoms with van der Waals surface area (Å²) in [5.41, 5.74) is 1.23. The smallest absolute Gasteiger partial charge is 0.251 e. The highest BCUT2D eigenvalue weighted by molar-refractivity contribution is 6.01. The van der Waals surface area contributed by atoms with E-state index in [1.54, 1.807) is 43.5 Å². The van der Waals surface area contributed by atoms with Gasteiger partial charge in [0, 0.05) is 24.3 Å². The van der Waals surface area contributed by atoms with Gasteiger partial charge in [-0.2, -0.15) is 0 Å². The molecule has 166 valence electrons. The SMILES string of the molecule is COc1ccc(C(=O)NC(C(=O)Nc2ccc(N3CCOCC3)c(F)c2)C(C)C)cc1. The number of amides is 2. The van der Waals surface area contributed by atoms with Crippen molar-refractivity contribution < 1.29 is 23.5 Å². The Kier molecular flexibility index (Phi) is 7.46. The number of hydrogen-bond donors (Lipinski definition) is 2. The molecule has 0 aromatic heterocycles. The van der Waals surface area contributed by atoms with Crippen LogP contribution < -0.4 is 20.3 Å². The molecule has 1 heterocycles. The summed E-state index contributed by atoms with van der Waals surface area (Å²) in [6, 6.07) is 10.4. The van der Waals surface area contributed by atoms with E-state index in [-0.39, 0.29) is 11.8 Å². The van der Waals surface area contributed by atoms with Gasteiger partial charge in [-0.25, -0.2) is 4.39 Å². The maximum atomic E-state index is 14.6. The van der Waals surface area contributed by atoms with Crippen molar-refractivity contribution >= 4 is 23.2 Å². The molecule has 2 aromatic carbocycles. The summed E-state index contributed by atoms with van der Waals surface area (Å²) < 4.78 is 25.0. The van der Waals surface area contributed by atoms with Crippen LogP contribution in [-0.2, 0) is 9.53 Å². The van der Waals surface area contributed by atoms with E-state index in [1.165, 1.54) is 6.07 Å². The Morgan fingerprint density at radius 2 is 1.77 bits per heavy atom. The lowest BCUT2D eigenvalue weighted by Gasteiger charge is -2.29. The summed E-state index contributed by atoms with van der Waals surface area (Å²) in [5.74, 6) is -0.722. The van der Waals surface area contributed by atoms with Crippen molar-refractivity contribution in [2.75, 3.05) is 43.6 Å². The molecule has 0 bridgehead atoms. The molecule has 31 heavy (non-hydrogen) atoms. The van der Waals surface area contributed by atoms with Crippen LogP contribution >= 0.6 is 0 Å². The van der Waals surface area contributed by atoms with Gasteiger partial charge < -0.3 is 25.0 Å². The van der Waals surface area contributed by atoms with Gasteiger partial charge >= 0.3 is 0 Å². The highest BCUT2D eigenvalue weighted by atomic mass is 19.1. The van der Waals surface area contributed by atoms with Gasteiger partial charge in [0.25, 0.3) is 5.91 Å². The van der Waals surface area contributed by atoms with Gasteiger partial charge in [-0.05, 0) is 48.4 Å². The van der Waals surface area contributed by atoms with Crippen molar-refractivity contribution in [2.24, 2.45) is 5.92 Å². The zero-order chi connectivity index (χ0) is 22.4. The number of carbonyl (C=O) groups is 2. The number of hydrogen-bond acceptors (Lipinski definition) is 5. The highest BCUT2D eigenvalue weighted by Crippen LogP contribution is 2.24. The zero-order valence-corrected chi connectivity index (χ0v) is 18.0. The number of ether oxygens (including phenoxy) is 2. The van der Waals surface area contributed by atoms with Gasteiger partial charge in [0.05, 0.1) is 26.0 Å². The van der Waals surface area contributed by atoms with Gasteiger partial charge in [-0.15, -0.1) is 0 Å². The maximum Gasteiger partial charge on any atom is 0.251 e. The zero-order valence-electron chi connectivity index (χ0n) is 18.0. The molecule has 1 fully saturated rings. The summed E-state index contributed by atoms with van der Waals surface area (Å²) in [6.07, 6.45) is 0. The summed E-state index contributed by atoms with van der Waals surface area (Å²) in [7, 11) is 1.55. The fourth-order valence-corrected chi connectivity index (χ4v) is 3.37. The van der Waals surface area contributed by atoms with E-state index in [9.17, 15) is 14.0 Å². The van der Waals surface area contributed by atoms with Gasteiger partial charge in [-0.1, -0.05) is 13.8 Å². The Balaban J connectivity index is 1.67. The van der Waals surface area contributed by atoms with Gasteiger partial charge in [0.1, 0.15) is 17.6 Å². The van der Waals surface area contributed by atoms with E-state index in [2.05, 4.69) is 10.6 Å². The summed E-state index contributed by atoms with van der Waals surface area (Å²) in [6.45, 7) is 6.02. The Hall–Kier alpha value is -3.13.